The molecule has 2 aliphatic heterocycles. The van der Waals surface area contributed by atoms with Crippen LogP contribution in [-0.4, -0.2) is 18.2 Å². The zero-order valence-corrected chi connectivity index (χ0v) is 19.6. The SMILES string of the molecule is CC.CCC/C(=C\N(C)NC(C)c1ccc(C(F)(F)F)cc1)CC1=CNC2NC=CC=C12. The fourth-order valence-electron chi connectivity index (χ4n) is 3.76. The summed E-state index contributed by atoms with van der Waals surface area (Å²) in [7, 11) is 1.92. The average molecular weight is 449 g/mol. The van der Waals surface area contributed by atoms with Crippen molar-refractivity contribution >= 4 is 0 Å². The van der Waals surface area contributed by atoms with Gasteiger partial charge >= 0.3 is 6.18 Å². The van der Waals surface area contributed by atoms with Crippen molar-refractivity contribution in [1.29, 1.82) is 0 Å². The Hall–Kier alpha value is -2.67. The van der Waals surface area contributed by atoms with Crippen molar-refractivity contribution in [2.75, 3.05) is 7.05 Å². The third-order valence-electron chi connectivity index (χ3n) is 5.24. The molecule has 0 radical (unpaired) electrons. The lowest BCUT2D eigenvalue weighted by atomic mass is 9.96. The molecule has 7 heteroatoms. The van der Waals surface area contributed by atoms with Gasteiger partial charge in [-0.05, 0) is 66.5 Å². The molecule has 176 valence electrons. The zero-order valence-electron chi connectivity index (χ0n) is 19.6. The summed E-state index contributed by atoms with van der Waals surface area (Å²) in [6, 6.07) is 5.18. The van der Waals surface area contributed by atoms with E-state index in [0.29, 0.717) is 0 Å². The molecule has 3 N–H and O–H groups in total. The molecule has 0 aromatic heterocycles. The molecule has 0 aliphatic carbocycles. The summed E-state index contributed by atoms with van der Waals surface area (Å²) in [6.45, 7) is 8.09. The average Bonchev–Trinajstić information content (AvgIpc) is 3.17. The highest BCUT2D eigenvalue weighted by atomic mass is 19.4. The summed E-state index contributed by atoms with van der Waals surface area (Å²) in [5, 5.41) is 8.54. The van der Waals surface area contributed by atoms with Crippen LogP contribution in [0.1, 0.15) is 64.1 Å². The van der Waals surface area contributed by atoms with Gasteiger partial charge in [0.1, 0.15) is 6.17 Å². The van der Waals surface area contributed by atoms with Crippen LogP contribution in [0.2, 0.25) is 0 Å². The van der Waals surface area contributed by atoms with E-state index >= 15 is 0 Å². The molecule has 0 fully saturated rings. The minimum atomic E-state index is -4.31. The Morgan fingerprint density at radius 3 is 2.50 bits per heavy atom. The van der Waals surface area contributed by atoms with E-state index in [1.807, 2.05) is 45.1 Å². The summed E-state index contributed by atoms with van der Waals surface area (Å²) in [5.74, 6) is 0. The fraction of sp³-hybridized carbons (Fsp3) is 0.440. The lowest BCUT2D eigenvalue weighted by Gasteiger charge is -2.24. The fourth-order valence-corrected chi connectivity index (χ4v) is 3.76. The van der Waals surface area contributed by atoms with Gasteiger partial charge in [-0.25, -0.2) is 5.43 Å². The van der Waals surface area contributed by atoms with Crippen molar-refractivity contribution in [2.24, 2.45) is 0 Å². The van der Waals surface area contributed by atoms with E-state index in [2.05, 4.69) is 41.5 Å². The number of hydrazine groups is 1. The van der Waals surface area contributed by atoms with Gasteiger partial charge in [-0.15, -0.1) is 0 Å². The molecule has 2 atom stereocenters. The maximum Gasteiger partial charge on any atom is 0.416 e. The van der Waals surface area contributed by atoms with Crippen molar-refractivity contribution in [3.63, 3.8) is 0 Å². The maximum absolute atomic E-state index is 12.8. The molecule has 2 heterocycles. The normalized spacial score (nSPS) is 18.4. The number of nitrogens with zero attached hydrogens (tertiary/aromatic N) is 1. The number of hydrogen-bond acceptors (Lipinski definition) is 4. The summed E-state index contributed by atoms with van der Waals surface area (Å²) < 4.78 is 38.3. The van der Waals surface area contributed by atoms with E-state index in [4.69, 9.17) is 0 Å². The van der Waals surface area contributed by atoms with Crippen molar-refractivity contribution in [3.8, 4) is 0 Å². The number of hydrogen-bond donors (Lipinski definition) is 3. The second-order valence-electron chi connectivity index (χ2n) is 7.71. The van der Waals surface area contributed by atoms with E-state index in [1.165, 1.54) is 28.9 Å². The molecule has 0 bridgehead atoms. The monoisotopic (exact) mass is 448 g/mol. The summed E-state index contributed by atoms with van der Waals surface area (Å²) >= 11 is 0. The first-order valence-corrected chi connectivity index (χ1v) is 11.2. The van der Waals surface area contributed by atoms with Crippen LogP contribution < -0.4 is 16.1 Å². The van der Waals surface area contributed by atoms with Crippen LogP contribution in [0.3, 0.4) is 0 Å². The molecule has 0 saturated carbocycles. The molecular weight excluding hydrogens is 413 g/mol. The van der Waals surface area contributed by atoms with Crippen molar-refractivity contribution in [2.45, 2.75) is 65.3 Å². The number of benzene rings is 1. The topological polar surface area (TPSA) is 39.3 Å². The molecule has 0 amide bonds. The van der Waals surface area contributed by atoms with Gasteiger partial charge < -0.3 is 15.6 Å². The van der Waals surface area contributed by atoms with E-state index in [9.17, 15) is 13.2 Å². The highest BCUT2D eigenvalue weighted by molar-refractivity contribution is 5.45. The standard InChI is InChI=1S/C23H29F3N4.C2H6/c1-4-6-17(13-19-14-28-22-21(19)7-5-12-27-22)15-30(3)29-16(2)18-8-10-20(11-9-18)23(24,25)26;1-2/h5,7-12,14-16,22,27-29H,4,6,13H2,1-3H3;1-2H3/b17-15+;. The van der Waals surface area contributed by atoms with Crippen LogP contribution in [0.15, 0.2) is 71.7 Å². The highest BCUT2D eigenvalue weighted by Gasteiger charge is 2.30. The number of alkyl halides is 3. The lowest BCUT2D eigenvalue weighted by Crippen LogP contribution is -2.35. The molecule has 4 nitrogen and oxygen atoms in total. The van der Waals surface area contributed by atoms with Gasteiger partial charge in [0.05, 0.1) is 5.56 Å². The van der Waals surface area contributed by atoms with Gasteiger partial charge in [0.15, 0.2) is 0 Å². The number of dihydropyridines is 1. The van der Waals surface area contributed by atoms with Gasteiger partial charge in [0, 0.05) is 25.5 Å². The number of allylic oxidation sites excluding steroid dienone is 3. The Bertz CT molecular complexity index is 851. The smallest absolute Gasteiger partial charge is 0.368 e. The van der Waals surface area contributed by atoms with Crippen molar-refractivity contribution in [1.82, 2.24) is 21.1 Å². The Morgan fingerprint density at radius 2 is 1.88 bits per heavy atom. The minimum absolute atomic E-state index is 0.122. The molecule has 0 saturated heterocycles. The third kappa shape index (κ3) is 6.92. The van der Waals surface area contributed by atoms with Crippen LogP contribution >= 0.6 is 0 Å². The Kier molecular flexibility index (Phi) is 9.44. The molecular formula is C25H35F3N4. The van der Waals surface area contributed by atoms with E-state index in [0.717, 1.165) is 37.0 Å². The summed E-state index contributed by atoms with van der Waals surface area (Å²) in [5.41, 5.74) is 7.31. The first-order chi connectivity index (χ1) is 15.3. The molecule has 1 aromatic rings. The van der Waals surface area contributed by atoms with Crippen LogP contribution in [0, 0.1) is 0 Å². The molecule has 1 aromatic carbocycles. The third-order valence-corrected chi connectivity index (χ3v) is 5.24. The maximum atomic E-state index is 12.8. The molecule has 2 unspecified atom stereocenters. The number of rotatable bonds is 8. The van der Waals surface area contributed by atoms with Crippen LogP contribution in [0.5, 0.6) is 0 Å². The molecule has 2 aliphatic rings. The zero-order chi connectivity index (χ0) is 23.7. The van der Waals surface area contributed by atoms with E-state index in [1.54, 1.807) is 0 Å². The van der Waals surface area contributed by atoms with Gasteiger partial charge in [0.25, 0.3) is 0 Å². The summed E-state index contributed by atoms with van der Waals surface area (Å²) in [6.07, 6.45) is 8.91. The second-order valence-corrected chi connectivity index (χ2v) is 7.71. The quantitative estimate of drug-likeness (QED) is 0.417. The lowest BCUT2D eigenvalue weighted by molar-refractivity contribution is -0.137. The van der Waals surface area contributed by atoms with Gasteiger partial charge in [0.2, 0.25) is 0 Å². The Morgan fingerprint density at radius 1 is 1.19 bits per heavy atom. The molecule has 32 heavy (non-hydrogen) atoms. The number of halogens is 3. The van der Waals surface area contributed by atoms with Crippen molar-refractivity contribution < 1.29 is 13.2 Å². The van der Waals surface area contributed by atoms with Crippen LogP contribution in [0.25, 0.3) is 0 Å². The van der Waals surface area contributed by atoms with Gasteiger partial charge in [-0.1, -0.05) is 45.4 Å². The van der Waals surface area contributed by atoms with E-state index < -0.39 is 11.7 Å². The Labute approximate surface area is 189 Å². The molecule has 3 rings (SSSR count). The number of nitrogens with one attached hydrogen (secondary N) is 3. The number of fused-ring (bicyclic) bond motifs is 1. The van der Waals surface area contributed by atoms with Crippen LogP contribution in [-0.2, 0) is 6.18 Å². The largest absolute Gasteiger partial charge is 0.416 e. The minimum Gasteiger partial charge on any atom is -0.368 e. The highest BCUT2D eigenvalue weighted by Crippen LogP contribution is 2.30. The van der Waals surface area contributed by atoms with Crippen molar-refractivity contribution in [3.05, 3.63) is 82.9 Å². The Balaban J connectivity index is 0.00000176. The van der Waals surface area contributed by atoms with Gasteiger partial charge in [-0.2, -0.15) is 13.2 Å². The van der Waals surface area contributed by atoms with Crippen LogP contribution in [0.4, 0.5) is 13.2 Å². The molecule has 0 spiro atoms. The predicted molar refractivity (Wildman–Crippen MR) is 125 cm³/mol. The summed E-state index contributed by atoms with van der Waals surface area (Å²) in [4.78, 5) is 0. The second kappa shape index (κ2) is 11.8. The van der Waals surface area contributed by atoms with E-state index in [-0.39, 0.29) is 12.2 Å². The first kappa shape index (κ1) is 25.6. The first-order valence-electron chi connectivity index (χ1n) is 11.2. The predicted octanol–water partition coefficient (Wildman–Crippen LogP) is 6.16. The van der Waals surface area contributed by atoms with Gasteiger partial charge in [-0.3, -0.25) is 0 Å².